The molecule has 0 aliphatic heterocycles. The summed E-state index contributed by atoms with van der Waals surface area (Å²) >= 11 is 0. The third kappa shape index (κ3) is 5.32. The minimum absolute atomic E-state index is 0.138. The van der Waals surface area contributed by atoms with Crippen LogP contribution in [0.15, 0.2) is 24.3 Å². The summed E-state index contributed by atoms with van der Waals surface area (Å²) in [6.45, 7) is 3.76. The Labute approximate surface area is 110 Å². The van der Waals surface area contributed by atoms with Crippen molar-refractivity contribution in [1.82, 2.24) is 0 Å². The van der Waals surface area contributed by atoms with Crippen molar-refractivity contribution in [3.8, 4) is 0 Å². The Kier molecular flexibility index (Phi) is 5.39. The molecule has 0 aliphatic rings. The van der Waals surface area contributed by atoms with Gasteiger partial charge in [0.2, 0.25) is 0 Å². The second-order valence-corrected chi connectivity index (χ2v) is 4.45. The SMILES string of the molecule is CCCOC(=O)C(CC(F)(F)F)c1ccc(C)cc1. The van der Waals surface area contributed by atoms with Crippen LogP contribution in [-0.2, 0) is 9.53 Å². The molecule has 0 aromatic heterocycles. The van der Waals surface area contributed by atoms with Gasteiger partial charge in [0.15, 0.2) is 0 Å². The molecule has 0 bridgehead atoms. The number of carbonyl (C=O) groups excluding carboxylic acids is 1. The number of esters is 1. The van der Waals surface area contributed by atoms with E-state index in [1.165, 1.54) is 0 Å². The Morgan fingerprint density at radius 3 is 2.32 bits per heavy atom. The molecule has 5 heteroatoms. The first-order valence-electron chi connectivity index (χ1n) is 6.13. The fourth-order valence-electron chi connectivity index (χ4n) is 1.67. The number of halogens is 3. The molecule has 0 radical (unpaired) electrons. The summed E-state index contributed by atoms with van der Waals surface area (Å²) in [5.41, 5.74) is 1.26. The van der Waals surface area contributed by atoms with Gasteiger partial charge in [-0.15, -0.1) is 0 Å². The Morgan fingerprint density at radius 2 is 1.84 bits per heavy atom. The summed E-state index contributed by atoms with van der Waals surface area (Å²) < 4.78 is 42.5. The van der Waals surface area contributed by atoms with Gasteiger partial charge in [0.25, 0.3) is 0 Å². The summed E-state index contributed by atoms with van der Waals surface area (Å²) in [7, 11) is 0. The molecule has 0 saturated carbocycles. The molecule has 1 atom stereocenters. The van der Waals surface area contributed by atoms with E-state index in [2.05, 4.69) is 0 Å². The molecule has 2 nitrogen and oxygen atoms in total. The molecule has 0 fully saturated rings. The predicted molar refractivity (Wildman–Crippen MR) is 65.8 cm³/mol. The standard InChI is InChI=1S/C14H17F3O2/c1-3-8-19-13(18)12(9-14(15,16)17)11-6-4-10(2)5-7-11/h4-7,12H,3,8-9H2,1-2H3. The number of benzene rings is 1. The Morgan fingerprint density at radius 1 is 1.26 bits per heavy atom. The van der Waals surface area contributed by atoms with Gasteiger partial charge in [-0.2, -0.15) is 13.2 Å². The van der Waals surface area contributed by atoms with Crippen molar-refractivity contribution in [2.24, 2.45) is 0 Å². The van der Waals surface area contributed by atoms with Crippen molar-refractivity contribution in [3.63, 3.8) is 0 Å². The molecule has 1 rings (SSSR count). The van der Waals surface area contributed by atoms with Gasteiger partial charge in [-0.1, -0.05) is 36.8 Å². The van der Waals surface area contributed by atoms with E-state index in [1.54, 1.807) is 31.2 Å². The maximum Gasteiger partial charge on any atom is 0.390 e. The number of rotatable bonds is 5. The van der Waals surface area contributed by atoms with Gasteiger partial charge in [0.1, 0.15) is 0 Å². The van der Waals surface area contributed by atoms with Crippen molar-refractivity contribution in [3.05, 3.63) is 35.4 Å². The fraction of sp³-hybridized carbons (Fsp3) is 0.500. The molecular formula is C14H17F3O2. The minimum Gasteiger partial charge on any atom is -0.465 e. The van der Waals surface area contributed by atoms with E-state index in [4.69, 9.17) is 4.74 Å². The first-order chi connectivity index (χ1) is 8.83. The van der Waals surface area contributed by atoms with Crippen molar-refractivity contribution < 1.29 is 22.7 Å². The van der Waals surface area contributed by atoms with Crippen molar-refractivity contribution in [2.75, 3.05) is 6.61 Å². The number of hydrogen-bond acceptors (Lipinski definition) is 2. The van der Waals surface area contributed by atoms with Crippen LogP contribution < -0.4 is 0 Å². The second-order valence-electron chi connectivity index (χ2n) is 4.45. The van der Waals surface area contributed by atoms with Gasteiger partial charge in [-0.3, -0.25) is 4.79 Å². The fourth-order valence-corrected chi connectivity index (χ4v) is 1.67. The smallest absolute Gasteiger partial charge is 0.390 e. The van der Waals surface area contributed by atoms with E-state index >= 15 is 0 Å². The van der Waals surface area contributed by atoms with E-state index in [1.807, 2.05) is 6.92 Å². The molecule has 0 N–H and O–H groups in total. The van der Waals surface area contributed by atoms with Crippen molar-refractivity contribution in [1.29, 1.82) is 0 Å². The van der Waals surface area contributed by atoms with Crippen LogP contribution in [0.4, 0.5) is 13.2 Å². The van der Waals surface area contributed by atoms with E-state index < -0.39 is 24.5 Å². The highest BCUT2D eigenvalue weighted by molar-refractivity contribution is 5.78. The molecule has 1 aromatic rings. The van der Waals surface area contributed by atoms with Crippen LogP contribution in [0.5, 0.6) is 0 Å². The summed E-state index contributed by atoms with van der Waals surface area (Å²) in [6.07, 6.45) is -5.02. The number of hydrogen-bond donors (Lipinski definition) is 0. The number of alkyl halides is 3. The van der Waals surface area contributed by atoms with Crippen LogP contribution in [-0.4, -0.2) is 18.8 Å². The molecule has 106 valence electrons. The van der Waals surface area contributed by atoms with Crippen LogP contribution in [0.25, 0.3) is 0 Å². The number of carbonyl (C=O) groups is 1. The summed E-state index contributed by atoms with van der Waals surface area (Å²) in [4.78, 5) is 11.7. The molecule has 1 aromatic carbocycles. The van der Waals surface area contributed by atoms with E-state index in [9.17, 15) is 18.0 Å². The highest BCUT2D eigenvalue weighted by Gasteiger charge is 2.37. The quantitative estimate of drug-likeness (QED) is 0.759. The topological polar surface area (TPSA) is 26.3 Å². The summed E-state index contributed by atoms with van der Waals surface area (Å²) in [5, 5.41) is 0. The van der Waals surface area contributed by atoms with E-state index in [0.717, 1.165) is 5.56 Å². The van der Waals surface area contributed by atoms with Crippen molar-refractivity contribution >= 4 is 5.97 Å². The molecule has 0 heterocycles. The van der Waals surface area contributed by atoms with Crippen LogP contribution in [0.2, 0.25) is 0 Å². The second kappa shape index (κ2) is 6.59. The largest absolute Gasteiger partial charge is 0.465 e. The summed E-state index contributed by atoms with van der Waals surface area (Å²) in [6, 6.07) is 6.45. The van der Waals surface area contributed by atoms with Gasteiger partial charge in [-0.05, 0) is 18.9 Å². The van der Waals surface area contributed by atoms with Gasteiger partial charge < -0.3 is 4.74 Å². The first-order valence-corrected chi connectivity index (χ1v) is 6.13. The third-order valence-corrected chi connectivity index (χ3v) is 2.65. The lowest BCUT2D eigenvalue weighted by molar-refractivity contribution is -0.161. The Bertz CT molecular complexity index is 410. The van der Waals surface area contributed by atoms with Gasteiger partial charge in [-0.25, -0.2) is 0 Å². The molecule has 1 unspecified atom stereocenters. The lowest BCUT2D eigenvalue weighted by Crippen LogP contribution is -2.23. The zero-order valence-electron chi connectivity index (χ0n) is 11.0. The van der Waals surface area contributed by atoms with Crippen molar-refractivity contribution in [2.45, 2.75) is 38.8 Å². The van der Waals surface area contributed by atoms with Crippen LogP contribution in [0.3, 0.4) is 0 Å². The van der Waals surface area contributed by atoms with Gasteiger partial charge >= 0.3 is 12.1 Å². The van der Waals surface area contributed by atoms with E-state index in [0.29, 0.717) is 12.0 Å². The molecule has 0 aliphatic carbocycles. The van der Waals surface area contributed by atoms with Crippen LogP contribution in [0, 0.1) is 6.92 Å². The predicted octanol–water partition coefficient (Wildman–Crippen LogP) is 3.98. The normalized spacial score (nSPS) is 13.1. The maximum absolute atomic E-state index is 12.5. The molecular weight excluding hydrogens is 257 g/mol. The molecule has 0 spiro atoms. The van der Waals surface area contributed by atoms with E-state index in [-0.39, 0.29) is 6.61 Å². The van der Waals surface area contributed by atoms with Gasteiger partial charge in [0, 0.05) is 0 Å². The third-order valence-electron chi connectivity index (χ3n) is 2.65. The highest BCUT2D eigenvalue weighted by atomic mass is 19.4. The molecule has 19 heavy (non-hydrogen) atoms. The lowest BCUT2D eigenvalue weighted by Gasteiger charge is -2.18. The monoisotopic (exact) mass is 274 g/mol. The van der Waals surface area contributed by atoms with Crippen LogP contribution in [0.1, 0.15) is 36.8 Å². The lowest BCUT2D eigenvalue weighted by atomic mass is 9.95. The first kappa shape index (κ1) is 15.5. The molecule has 0 saturated heterocycles. The number of ether oxygens (including phenoxy) is 1. The van der Waals surface area contributed by atoms with Gasteiger partial charge in [0.05, 0.1) is 18.9 Å². The average Bonchev–Trinajstić information content (AvgIpc) is 2.33. The average molecular weight is 274 g/mol. The highest BCUT2D eigenvalue weighted by Crippen LogP contribution is 2.32. The number of aryl methyl sites for hydroxylation is 1. The zero-order chi connectivity index (χ0) is 14.5. The van der Waals surface area contributed by atoms with Crippen LogP contribution >= 0.6 is 0 Å². The Balaban J connectivity index is 2.91. The Hall–Kier alpha value is -1.52. The zero-order valence-corrected chi connectivity index (χ0v) is 11.0. The maximum atomic E-state index is 12.5. The minimum atomic E-state index is -4.40. The molecule has 0 amide bonds. The summed E-state index contributed by atoms with van der Waals surface area (Å²) in [5.74, 6) is -2.10.